The Kier molecular flexibility index (Phi) is 7.28. The maximum atomic E-state index is 12.2. The molecule has 8 heteroatoms. The van der Waals surface area contributed by atoms with Crippen LogP contribution in [0.25, 0.3) is 0 Å². The van der Waals surface area contributed by atoms with Crippen LogP contribution in [0.1, 0.15) is 45.2 Å². The molecule has 0 radical (unpaired) electrons. The van der Waals surface area contributed by atoms with E-state index in [1.54, 1.807) is 24.3 Å². The van der Waals surface area contributed by atoms with Crippen LogP contribution in [0, 0.1) is 0 Å². The Morgan fingerprint density at radius 3 is 2.39 bits per heavy atom. The third-order valence-corrected chi connectivity index (χ3v) is 6.00. The monoisotopic (exact) mass is 458 g/mol. The number of carbonyl (C=O) groups excluding carboxylic acids is 1. The lowest BCUT2D eigenvalue weighted by Gasteiger charge is -2.20. The first kappa shape index (κ1) is 23.2. The van der Waals surface area contributed by atoms with Crippen LogP contribution in [0.3, 0.4) is 0 Å². The second-order valence-electron chi connectivity index (χ2n) is 8.28. The molecule has 3 rings (SSSR count). The van der Waals surface area contributed by atoms with Crippen LogP contribution < -0.4 is 10.1 Å². The van der Waals surface area contributed by atoms with E-state index in [1.807, 2.05) is 30.7 Å². The molecular weight excluding hydrogens is 432 g/mol. The summed E-state index contributed by atoms with van der Waals surface area (Å²) in [6.45, 7) is 8.48. The van der Waals surface area contributed by atoms with Gasteiger partial charge in [-0.1, -0.05) is 56.3 Å². The van der Waals surface area contributed by atoms with Gasteiger partial charge in [0.05, 0.1) is 5.75 Å². The average molecular weight is 459 g/mol. The van der Waals surface area contributed by atoms with E-state index in [0.717, 1.165) is 5.75 Å². The van der Waals surface area contributed by atoms with E-state index in [1.165, 1.54) is 17.3 Å². The third kappa shape index (κ3) is 6.24. The number of aromatic nitrogens is 3. The molecule has 0 fully saturated rings. The summed E-state index contributed by atoms with van der Waals surface area (Å²) in [4.78, 5) is 12.2. The molecule has 1 aromatic heterocycles. The molecule has 1 N–H and O–H groups in total. The van der Waals surface area contributed by atoms with Gasteiger partial charge < -0.3 is 14.6 Å². The first-order valence-electron chi connectivity index (χ1n) is 9.98. The summed E-state index contributed by atoms with van der Waals surface area (Å²) in [6.07, 6.45) is -0.282. The molecule has 164 valence electrons. The molecule has 0 aliphatic carbocycles. The minimum Gasteiger partial charge on any atom is -0.483 e. The van der Waals surface area contributed by atoms with Gasteiger partial charge in [0.15, 0.2) is 17.1 Å². The lowest BCUT2D eigenvalue weighted by Crippen LogP contribution is -2.15. The number of nitrogens with one attached hydrogen (secondary N) is 1. The quantitative estimate of drug-likeness (QED) is 0.464. The molecular formula is C23H27ClN4O2S. The van der Waals surface area contributed by atoms with Gasteiger partial charge >= 0.3 is 0 Å². The molecule has 1 atom stereocenters. The third-order valence-electron chi connectivity index (χ3n) is 4.73. The number of hydrogen-bond donors (Lipinski definition) is 1. The molecule has 0 spiro atoms. The second-order valence-corrected chi connectivity index (χ2v) is 9.66. The van der Waals surface area contributed by atoms with Gasteiger partial charge in [-0.25, -0.2) is 0 Å². The summed E-state index contributed by atoms with van der Waals surface area (Å²) < 4.78 is 7.91. The largest absolute Gasteiger partial charge is 0.483 e. The van der Waals surface area contributed by atoms with Crippen LogP contribution in [0.5, 0.6) is 5.75 Å². The van der Waals surface area contributed by atoms with Crippen LogP contribution in [-0.4, -0.2) is 26.4 Å². The fourth-order valence-electron chi connectivity index (χ4n) is 2.96. The molecule has 1 unspecified atom stereocenters. The number of thioether (sulfide) groups is 1. The van der Waals surface area contributed by atoms with Crippen LogP contribution in [0.4, 0.5) is 5.69 Å². The normalized spacial score (nSPS) is 12.5. The highest BCUT2D eigenvalue weighted by Gasteiger charge is 2.19. The van der Waals surface area contributed by atoms with Crippen LogP contribution in [0.2, 0.25) is 5.02 Å². The molecule has 0 saturated carbocycles. The molecule has 31 heavy (non-hydrogen) atoms. The maximum Gasteiger partial charge on any atom is 0.234 e. The SMILES string of the molecule is CC(Oc1ccc(C(C)(C)C)cc1)c1nnc(SCC(=O)Nc2ccc(Cl)cc2)n1C. The number of rotatable bonds is 7. The predicted octanol–water partition coefficient (Wildman–Crippen LogP) is 5.64. The van der Waals surface area contributed by atoms with Gasteiger partial charge in [-0.05, 0) is 54.3 Å². The van der Waals surface area contributed by atoms with Gasteiger partial charge in [-0.3, -0.25) is 4.79 Å². The lowest BCUT2D eigenvalue weighted by molar-refractivity contribution is -0.113. The summed E-state index contributed by atoms with van der Waals surface area (Å²) in [5.41, 5.74) is 2.05. The van der Waals surface area contributed by atoms with Gasteiger partial charge in [-0.2, -0.15) is 0 Å². The van der Waals surface area contributed by atoms with Gasteiger partial charge in [-0.15, -0.1) is 10.2 Å². The molecule has 0 saturated heterocycles. The van der Waals surface area contributed by atoms with E-state index in [9.17, 15) is 4.79 Å². The fraction of sp³-hybridized carbons (Fsp3) is 0.348. The van der Waals surface area contributed by atoms with Crippen molar-refractivity contribution in [2.75, 3.05) is 11.1 Å². The van der Waals surface area contributed by atoms with Crippen molar-refractivity contribution in [3.05, 3.63) is 64.9 Å². The highest BCUT2D eigenvalue weighted by Crippen LogP contribution is 2.27. The minimum absolute atomic E-state index is 0.0969. The van der Waals surface area contributed by atoms with Crippen molar-refractivity contribution in [1.82, 2.24) is 14.8 Å². The zero-order chi connectivity index (χ0) is 22.6. The van der Waals surface area contributed by atoms with E-state index in [-0.39, 0.29) is 23.2 Å². The van der Waals surface area contributed by atoms with Crippen LogP contribution >= 0.6 is 23.4 Å². The first-order chi connectivity index (χ1) is 14.6. The Labute approximate surface area is 192 Å². The standard InChI is InChI=1S/C23H27ClN4O2S/c1-15(30-19-12-6-16(7-13-19)23(2,3)4)21-26-27-22(28(21)5)31-14-20(29)25-18-10-8-17(24)9-11-18/h6-13,15H,14H2,1-5H3,(H,25,29). The highest BCUT2D eigenvalue weighted by molar-refractivity contribution is 7.99. The number of halogens is 1. The van der Waals surface area contributed by atoms with E-state index >= 15 is 0 Å². The number of ether oxygens (including phenoxy) is 1. The Hall–Kier alpha value is -2.51. The van der Waals surface area contributed by atoms with Gasteiger partial charge in [0, 0.05) is 17.8 Å². The Morgan fingerprint density at radius 2 is 1.77 bits per heavy atom. The molecule has 1 amide bonds. The number of carbonyl (C=O) groups is 1. The van der Waals surface area contributed by atoms with Crippen molar-refractivity contribution in [2.24, 2.45) is 7.05 Å². The second kappa shape index (κ2) is 9.75. The van der Waals surface area contributed by atoms with Gasteiger partial charge in [0.25, 0.3) is 0 Å². The smallest absolute Gasteiger partial charge is 0.234 e. The van der Waals surface area contributed by atoms with Crippen molar-refractivity contribution >= 4 is 35.0 Å². The summed E-state index contributed by atoms with van der Waals surface area (Å²) in [5.74, 6) is 1.57. The first-order valence-corrected chi connectivity index (χ1v) is 11.3. The number of benzene rings is 2. The van der Waals surface area contributed by atoms with E-state index in [0.29, 0.717) is 21.7 Å². The lowest BCUT2D eigenvalue weighted by atomic mass is 9.87. The predicted molar refractivity (Wildman–Crippen MR) is 126 cm³/mol. The van der Waals surface area contributed by atoms with Crippen LogP contribution in [-0.2, 0) is 17.3 Å². The molecule has 2 aromatic carbocycles. The van der Waals surface area contributed by atoms with Crippen molar-refractivity contribution in [3.8, 4) is 5.75 Å². The zero-order valence-corrected chi connectivity index (χ0v) is 19.9. The number of nitrogens with zero attached hydrogens (tertiary/aromatic N) is 3. The van der Waals surface area contributed by atoms with Crippen molar-refractivity contribution < 1.29 is 9.53 Å². The van der Waals surface area contributed by atoms with Crippen LogP contribution in [0.15, 0.2) is 53.7 Å². The van der Waals surface area contributed by atoms with Crippen molar-refractivity contribution in [3.63, 3.8) is 0 Å². The summed E-state index contributed by atoms with van der Waals surface area (Å²) in [5, 5.41) is 12.6. The number of hydrogen-bond acceptors (Lipinski definition) is 5. The zero-order valence-electron chi connectivity index (χ0n) is 18.3. The van der Waals surface area contributed by atoms with Gasteiger partial charge in [0.1, 0.15) is 5.75 Å². The van der Waals surface area contributed by atoms with E-state index in [2.05, 4.69) is 48.4 Å². The number of anilines is 1. The van der Waals surface area contributed by atoms with E-state index < -0.39 is 0 Å². The Morgan fingerprint density at radius 1 is 1.13 bits per heavy atom. The van der Waals surface area contributed by atoms with Gasteiger partial charge in [0.2, 0.25) is 5.91 Å². The Balaban J connectivity index is 1.57. The average Bonchev–Trinajstić information content (AvgIpc) is 3.08. The number of amides is 1. The maximum absolute atomic E-state index is 12.2. The van der Waals surface area contributed by atoms with Crippen molar-refractivity contribution in [1.29, 1.82) is 0 Å². The summed E-state index contributed by atoms with van der Waals surface area (Å²) in [7, 11) is 1.87. The highest BCUT2D eigenvalue weighted by atomic mass is 35.5. The van der Waals surface area contributed by atoms with Crippen molar-refractivity contribution in [2.45, 2.75) is 44.4 Å². The molecule has 3 aromatic rings. The topological polar surface area (TPSA) is 69.0 Å². The fourth-order valence-corrected chi connectivity index (χ4v) is 3.80. The molecule has 0 aliphatic rings. The van der Waals surface area contributed by atoms with E-state index in [4.69, 9.17) is 16.3 Å². The molecule has 1 heterocycles. The molecule has 0 bridgehead atoms. The molecule has 6 nitrogen and oxygen atoms in total. The minimum atomic E-state index is -0.282. The summed E-state index contributed by atoms with van der Waals surface area (Å²) in [6, 6.07) is 15.1. The Bertz CT molecular complexity index is 1030. The molecule has 0 aliphatic heterocycles. The summed E-state index contributed by atoms with van der Waals surface area (Å²) >= 11 is 7.19.